The van der Waals surface area contributed by atoms with Crippen LogP contribution in [-0.2, 0) is 4.79 Å². The van der Waals surface area contributed by atoms with Gasteiger partial charge in [-0.3, -0.25) is 4.79 Å². The van der Waals surface area contributed by atoms with Gasteiger partial charge in [-0.2, -0.15) is 0 Å². The number of carbonyl (C=O) groups is 1. The maximum atomic E-state index is 11.6. The third-order valence-electron chi connectivity index (χ3n) is 3.78. The van der Waals surface area contributed by atoms with Crippen LogP contribution >= 0.6 is 0 Å². The first-order valence-electron chi connectivity index (χ1n) is 7.31. The summed E-state index contributed by atoms with van der Waals surface area (Å²) in [7, 11) is 4.61. The summed E-state index contributed by atoms with van der Waals surface area (Å²) in [6.45, 7) is 1.83. The molecule has 5 nitrogen and oxygen atoms in total. The average Bonchev–Trinajstić information content (AvgIpc) is 2.60. The van der Waals surface area contributed by atoms with Crippen LogP contribution < -0.4 is 14.2 Å². The monoisotopic (exact) mass is 328 g/mol. The predicted molar refractivity (Wildman–Crippen MR) is 92.8 cm³/mol. The molecule has 0 aliphatic rings. The molecule has 2 rings (SSSR count). The van der Waals surface area contributed by atoms with Gasteiger partial charge in [0, 0.05) is 5.57 Å². The van der Waals surface area contributed by atoms with Gasteiger partial charge in [-0.1, -0.05) is 12.1 Å². The Hall–Kier alpha value is -2.95. The molecule has 0 fully saturated rings. The van der Waals surface area contributed by atoms with Crippen molar-refractivity contribution in [3.05, 3.63) is 47.5 Å². The fourth-order valence-corrected chi connectivity index (χ4v) is 2.50. The molecule has 24 heavy (non-hydrogen) atoms. The second-order valence-corrected chi connectivity index (χ2v) is 5.12. The van der Waals surface area contributed by atoms with Crippen LogP contribution in [0.4, 0.5) is 0 Å². The number of rotatable bonds is 6. The van der Waals surface area contributed by atoms with E-state index in [1.54, 1.807) is 36.4 Å². The smallest absolute Gasteiger partial charge is 0.203 e. The summed E-state index contributed by atoms with van der Waals surface area (Å²) in [5, 5.41) is 9.65. The highest BCUT2D eigenvalue weighted by Crippen LogP contribution is 2.41. The van der Waals surface area contributed by atoms with Gasteiger partial charge in [0.1, 0.15) is 5.75 Å². The minimum atomic E-state index is 0.101. The van der Waals surface area contributed by atoms with Crippen molar-refractivity contribution in [2.45, 2.75) is 6.92 Å². The number of methoxy groups -OCH3 is 3. The molecule has 126 valence electrons. The molecule has 2 aromatic carbocycles. The fourth-order valence-electron chi connectivity index (χ4n) is 2.50. The molecule has 0 saturated heterocycles. The fraction of sp³-hybridized carbons (Fsp3) is 0.211. The zero-order chi connectivity index (χ0) is 17.7. The Morgan fingerprint density at radius 1 is 0.958 bits per heavy atom. The molecule has 0 aliphatic heterocycles. The van der Waals surface area contributed by atoms with Gasteiger partial charge in [-0.05, 0) is 47.9 Å². The summed E-state index contributed by atoms with van der Waals surface area (Å²) in [4.78, 5) is 11.6. The standard InChI is InChI=1S/C19H20O5/c1-12(16(11-20)13-6-5-7-15(21)8-13)14-9-17(22-2)19(24-4)18(10-14)23-3/h5-11,21H,1-4H3. The van der Waals surface area contributed by atoms with Crippen LogP contribution in [0.1, 0.15) is 18.1 Å². The van der Waals surface area contributed by atoms with E-state index in [1.807, 2.05) is 6.92 Å². The summed E-state index contributed by atoms with van der Waals surface area (Å²) >= 11 is 0. The Balaban J connectivity index is 2.66. The van der Waals surface area contributed by atoms with E-state index in [4.69, 9.17) is 14.2 Å². The molecule has 1 N–H and O–H groups in total. The summed E-state index contributed by atoms with van der Waals surface area (Å²) in [6, 6.07) is 10.1. The molecule has 0 unspecified atom stereocenters. The Morgan fingerprint density at radius 2 is 1.58 bits per heavy atom. The van der Waals surface area contributed by atoms with Gasteiger partial charge in [-0.25, -0.2) is 0 Å². The lowest BCUT2D eigenvalue weighted by Crippen LogP contribution is -1.98. The Bertz CT molecular complexity index is 752. The molecule has 0 heterocycles. The van der Waals surface area contributed by atoms with E-state index in [2.05, 4.69) is 0 Å². The highest BCUT2D eigenvalue weighted by atomic mass is 16.5. The molecule has 0 saturated carbocycles. The van der Waals surface area contributed by atoms with Gasteiger partial charge in [0.25, 0.3) is 0 Å². The second kappa shape index (κ2) is 7.55. The van der Waals surface area contributed by atoms with Crippen molar-refractivity contribution in [3.8, 4) is 23.0 Å². The molecule has 0 spiro atoms. The largest absolute Gasteiger partial charge is 0.508 e. The number of hydrogen-bond acceptors (Lipinski definition) is 5. The van der Waals surface area contributed by atoms with Crippen LogP contribution in [0, 0.1) is 0 Å². The predicted octanol–water partition coefficient (Wildman–Crippen LogP) is 3.55. The number of benzene rings is 2. The molecular formula is C19H20O5. The van der Waals surface area contributed by atoms with Gasteiger partial charge in [0.2, 0.25) is 5.75 Å². The lowest BCUT2D eigenvalue weighted by Gasteiger charge is -2.15. The van der Waals surface area contributed by atoms with Gasteiger partial charge in [0.15, 0.2) is 17.8 Å². The first-order chi connectivity index (χ1) is 11.5. The maximum Gasteiger partial charge on any atom is 0.203 e. The SMILES string of the molecule is COc1cc(C(C)=C(C=O)c2cccc(O)c2)cc(OC)c1OC. The zero-order valence-corrected chi connectivity index (χ0v) is 14.1. The first kappa shape index (κ1) is 17.4. The number of phenolic OH excluding ortho intramolecular Hbond substituents is 1. The van der Waals surface area contributed by atoms with Crippen LogP contribution in [0.15, 0.2) is 36.4 Å². The summed E-state index contributed by atoms with van der Waals surface area (Å²) in [6.07, 6.45) is 0.771. The lowest BCUT2D eigenvalue weighted by atomic mass is 9.96. The van der Waals surface area contributed by atoms with Crippen molar-refractivity contribution in [2.24, 2.45) is 0 Å². The van der Waals surface area contributed by atoms with Crippen LogP contribution in [-0.4, -0.2) is 32.7 Å². The van der Waals surface area contributed by atoms with E-state index < -0.39 is 0 Å². The second-order valence-electron chi connectivity index (χ2n) is 5.12. The van der Waals surface area contributed by atoms with Crippen molar-refractivity contribution in [3.63, 3.8) is 0 Å². The minimum Gasteiger partial charge on any atom is -0.508 e. The molecule has 0 amide bonds. The molecule has 0 aliphatic carbocycles. The molecule has 0 radical (unpaired) electrons. The van der Waals surface area contributed by atoms with Crippen molar-refractivity contribution in [2.75, 3.05) is 21.3 Å². The van der Waals surface area contributed by atoms with E-state index >= 15 is 0 Å². The Morgan fingerprint density at radius 3 is 2.04 bits per heavy atom. The van der Waals surface area contributed by atoms with Gasteiger partial charge in [-0.15, -0.1) is 0 Å². The van der Waals surface area contributed by atoms with Crippen molar-refractivity contribution >= 4 is 17.4 Å². The van der Waals surface area contributed by atoms with Crippen LogP contribution in [0.2, 0.25) is 0 Å². The van der Waals surface area contributed by atoms with Gasteiger partial charge >= 0.3 is 0 Å². The van der Waals surface area contributed by atoms with Crippen molar-refractivity contribution < 1.29 is 24.1 Å². The third-order valence-corrected chi connectivity index (χ3v) is 3.78. The lowest BCUT2D eigenvalue weighted by molar-refractivity contribution is -0.103. The van der Waals surface area contributed by atoms with Crippen molar-refractivity contribution in [1.29, 1.82) is 0 Å². The molecular weight excluding hydrogens is 308 g/mol. The highest BCUT2D eigenvalue weighted by molar-refractivity contribution is 6.17. The maximum absolute atomic E-state index is 11.6. The highest BCUT2D eigenvalue weighted by Gasteiger charge is 2.16. The molecule has 5 heteroatoms. The number of aldehydes is 1. The van der Waals surface area contributed by atoms with Crippen LogP contribution in [0.3, 0.4) is 0 Å². The first-order valence-corrected chi connectivity index (χ1v) is 7.31. The number of allylic oxidation sites excluding steroid dienone is 2. The topological polar surface area (TPSA) is 65.0 Å². The Labute approximate surface area is 141 Å². The Kier molecular flexibility index (Phi) is 5.47. The molecule has 2 aromatic rings. The van der Waals surface area contributed by atoms with E-state index in [9.17, 15) is 9.90 Å². The number of aromatic hydroxyl groups is 1. The summed E-state index contributed by atoms with van der Waals surface area (Å²) in [5.74, 6) is 1.60. The summed E-state index contributed by atoms with van der Waals surface area (Å²) < 4.78 is 16.0. The van der Waals surface area contributed by atoms with Crippen LogP contribution in [0.25, 0.3) is 11.1 Å². The average molecular weight is 328 g/mol. The molecule has 0 bridgehead atoms. The number of hydrogen-bond donors (Lipinski definition) is 1. The van der Waals surface area contributed by atoms with E-state index in [0.29, 0.717) is 28.4 Å². The van der Waals surface area contributed by atoms with Crippen LogP contribution in [0.5, 0.6) is 23.0 Å². The van der Waals surface area contributed by atoms with Crippen molar-refractivity contribution in [1.82, 2.24) is 0 Å². The van der Waals surface area contributed by atoms with E-state index in [1.165, 1.54) is 21.3 Å². The normalized spacial score (nSPS) is 11.5. The molecule has 0 atom stereocenters. The van der Waals surface area contributed by atoms with Gasteiger partial charge < -0.3 is 19.3 Å². The van der Waals surface area contributed by atoms with E-state index in [-0.39, 0.29) is 5.75 Å². The zero-order valence-electron chi connectivity index (χ0n) is 14.1. The molecule has 0 aromatic heterocycles. The number of phenols is 1. The van der Waals surface area contributed by atoms with Gasteiger partial charge in [0.05, 0.1) is 21.3 Å². The third kappa shape index (κ3) is 3.35. The number of ether oxygens (including phenoxy) is 3. The van der Waals surface area contributed by atoms with E-state index in [0.717, 1.165) is 17.4 Å². The summed E-state index contributed by atoms with van der Waals surface area (Å²) in [5.41, 5.74) is 2.60. The number of carbonyl (C=O) groups excluding carboxylic acids is 1. The minimum absolute atomic E-state index is 0.101. The quantitative estimate of drug-likeness (QED) is 0.499.